The van der Waals surface area contributed by atoms with Crippen LogP contribution in [0.25, 0.3) is 6.08 Å². The summed E-state index contributed by atoms with van der Waals surface area (Å²) in [4.78, 5) is 26.7. The SMILES string of the molecule is CCOC(=O)CS(=O)(=O)N(C/C=C/c1cccc(C(=N)N)c1)c1cc(C(N)=O)c(OC2CCN(C(C)=N)CC2)cc1C.Cl.Cl. The second-order valence-electron chi connectivity index (χ2n) is 9.92. The third-order valence-electron chi connectivity index (χ3n) is 6.76. The number of likely N-dealkylation sites (tertiary alicyclic amines) is 1. The third kappa shape index (κ3) is 10.1. The highest BCUT2D eigenvalue weighted by Crippen LogP contribution is 2.33. The zero-order valence-corrected chi connectivity index (χ0v) is 27.3. The maximum absolute atomic E-state index is 13.5. The van der Waals surface area contributed by atoms with Crippen molar-refractivity contribution in [1.82, 2.24) is 4.90 Å². The molecule has 1 fully saturated rings. The van der Waals surface area contributed by atoms with Gasteiger partial charge in [-0.2, -0.15) is 0 Å². The number of nitrogen functional groups attached to an aromatic ring is 1. The van der Waals surface area contributed by atoms with Gasteiger partial charge in [0, 0.05) is 31.5 Å². The van der Waals surface area contributed by atoms with E-state index >= 15 is 0 Å². The molecular weight excluding hydrogens is 631 g/mol. The van der Waals surface area contributed by atoms with Crippen molar-refractivity contribution in [2.45, 2.75) is 39.7 Å². The minimum atomic E-state index is -4.26. The van der Waals surface area contributed by atoms with E-state index in [9.17, 15) is 18.0 Å². The van der Waals surface area contributed by atoms with Gasteiger partial charge in [0.1, 0.15) is 17.7 Å². The summed E-state index contributed by atoms with van der Waals surface area (Å²) >= 11 is 0. The summed E-state index contributed by atoms with van der Waals surface area (Å²) in [6.07, 6.45) is 4.34. The molecule has 1 aliphatic rings. The number of primary amides is 1. The summed E-state index contributed by atoms with van der Waals surface area (Å²) in [7, 11) is -4.26. The van der Waals surface area contributed by atoms with Crippen molar-refractivity contribution in [3.8, 4) is 5.75 Å². The highest BCUT2D eigenvalue weighted by molar-refractivity contribution is 7.93. The van der Waals surface area contributed by atoms with Gasteiger partial charge in [-0.15, -0.1) is 24.8 Å². The van der Waals surface area contributed by atoms with Crippen LogP contribution in [0.4, 0.5) is 5.69 Å². The largest absolute Gasteiger partial charge is 0.489 e. The number of carbonyl (C=O) groups excluding carboxylic acids is 2. The topological polar surface area (TPSA) is 193 Å². The summed E-state index contributed by atoms with van der Waals surface area (Å²) in [5.74, 6) is -1.97. The Morgan fingerprint density at radius 1 is 1.11 bits per heavy atom. The number of nitrogens with two attached hydrogens (primary N) is 2. The standard InChI is InChI=1S/C29H38N6O6S.2ClH/c1-4-40-27(36)18-42(38,39)35(12-6-8-21-7-5-9-22(16-21)28(31)32)25-17-24(29(33)37)26(15-19(25)2)41-23-10-13-34(14-11-23)20(3)30;;/h5-9,15-17,23,30H,4,10-14,18H2,1-3H3,(H3,31,32)(H2,33,37);2*1H/b8-6+,30-20?;;. The first-order chi connectivity index (χ1) is 19.8. The Hall–Kier alpha value is -3.81. The minimum absolute atomic E-state index is 0. The average molecular weight is 672 g/mol. The number of benzene rings is 2. The molecule has 15 heteroatoms. The number of anilines is 1. The van der Waals surface area contributed by atoms with Crippen LogP contribution in [-0.2, 0) is 19.6 Å². The predicted molar refractivity (Wildman–Crippen MR) is 177 cm³/mol. The van der Waals surface area contributed by atoms with Crippen LogP contribution in [0.3, 0.4) is 0 Å². The number of halogens is 2. The van der Waals surface area contributed by atoms with Gasteiger partial charge in [0.15, 0.2) is 5.75 Å². The van der Waals surface area contributed by atoms with Crippen LogP contribution in [0.5, 0.6) is 5.75 Å². The second kappa shape index (κ2) is 16.9. The molecule has 0 atom stereocenters. The van der Waals surface area contributed by atoms with Crippen LogP contribution in [0.1, 0.15) is 53.7 Å². The van der Waals surface area contributed by atoms with Crippen molar-refractivity contribution >= 4 is 70.1 Å². The van der Waals surface area contributed by atoms with E-state index < -0.39 is 27.7 Å². The molecule has 0 unspecified atom stereocenters. The lowest BCUT2D eigenvalue weighted by Crippen LogP contribution is -2.40. The minimum Gasteiger partial charge on any atom is -0.489 e. The Labute approximate surface area is 270 Å². The highest BCUT2D eigenvalue weighted by Gasteiger charge is 2.29. The number of rotatable bonds is 12. The predicted octanol–water partition coefficient (Wildman–Crippen LogP) is 3.47. The first-order valence-corrected chi connectivity index (χ1v) is 15.1. The number of piperidine rings is 1. The van der Waals surface area contributed by atoms with Crippen LogP contribution in [0.2, 0.25) is 0 Å². The maximum atomic E-state index is 13.5. The van der Waals surface area contributed by atoms with Gasteiger partial charge >= 0.3 is 5.97 Å². The number of sulfonamides is 1. The third-order valence-corrected chi connectivity index (χ3v) is 8.38. The van der Waals surface area contributed by atoms with Gasteiger partial charge in [-0.1, -0.05) is 30.4 Å². The van der Waals surface area contributed by atoms with Crippen LogP contribution in [0.15, 0.2) is 42.5 Å². The maximum Gasteiger partial charge on any atom is 0.323 e. The molecule has 1 amide bonds. The van der Waals surface area contributed by atoms with Crippen molar-refractivity contribution in [1.29, 1.82) is 10.8 Å². The number of carbonyl (C=O) groups is 2. The number of hydrogen-bond acceptors (Lipinski definition) is 8. The van der Waals surface area contributed by atoms with Crippen molar-refractivity contribution in [3.05, 3.63) is 64.7 Å². The van der Waals surface area contributed by atoms with Gasteiger partial charge in [-0.3, -0.25) is 24.7 Å². The number of nitrogens with one attached hydrogen (secondary N) is 2. The average Bonchev–Trinajstić information content (AvgIpc) is 2.91. The van der Waals surface area contributed by atoms with Crippen LogP contribution in [0, 0.1) is 17.7 Å². The zero-order chi connectivity index (χ0) is 31.0. The summed E-state index contributed by atoms with van der Waals surface area (Å²) in [6.45, 7) is 6.13. The molecule has 44 heavy (non-hydrogen) atoms. The Kier molecular flexibility index (Phi) is 14.7. The van der Waals surface area contributed by atoms with E-state index in [2.05, 4.69) is 0 Å². The summed E-state index contributed by atoms with van der Waals surface area (Å²) in [6, 6.07) is 9.83. The molecule has 2 aromatic rings. The lowest BCUT2D eigenvalue weighted by molar-refractivity contribution is -0.139. The molecule has 1 aliphatic heterocycles. The number of hydrogen-bond donors (Lipinski definition) is 4. The molecule has 12 nitrogen and oxygen atoms in total. The summed E-state index contributed by atoms with van der Waals surface area (Å²) < 4.78 is 39.1. The Bertz CT molecular complexity index is 1490. The smallest absolute Gasteiger partial charge is 0.323 e. The highest BCUT2D eigenvalue weighted by atomic mass is 35.5. The Balaban J connectivity index is 0.00000484. The van der Waals surface area contributed by atoms with E-state index in [1.54, 1.807) is 63.3 Å². The lowest BCUT2D eigenvalue weighted by atomic mass is 10.1. The number of ether oxygens (including phenoxy) is 2. The van der Waals surface area contributed by atoms with E-state index in [4.69, 9.17) is 31.8 Å². The fourth-order valence-corrected chi connectivity index (χ4v) is 5.95. The number of amides is 1. The summed E-state index contributed by atoms with van der Waals surface area (Å²) in [5.41, 5.74) is 13.1. The van der Waals surface area contributed by atoms with Crippen molar-refractivity contribution in [3.63, 3.8) is 0 Å². The van der Waals surface area contributed by atoms with Crippen molar-refractivity contribution < 1.29 is 27.5 Å². The van der Waals surface area contributed by atoms with Gasteiger partial charge in [-0.05, 0) is 50.1 Å². The molecule has 242 valence electrons. The number of nitrogens with zero attached hydrogens (tertiary/aromatic N) is 2. The molecule has 1 saturated heterocycles. The molecule has 3 rings (SSSR count). The first-order valence-electron chi connectivity index (χ1n) is 13.5. The van der Waals surface area contributed by atoms with Gasteiger partial charge in [-0.25, -0.2) is 8.42 Å². The fourth-order valence-electron chi connectivity index (χ4n) is 4.60. The summed E-state index contributed by atoms with van der Waals surface area (Å²) in [5, 5.41) is 15.5. The normalized spacial score (nSPS) is 13.4. The van der Waals surface area contributed by atoms with Crippen LogP contribution in [-0.4, -0.2) is 75.0 Å². The molecular formula is C29H40Cl2N6O6S. The van der Waals surface area contributed by atoms with Gasteiger partial charge in [0.2, 0.25) is 10.0 Å². The Morgan fingerprint density at radius 3 is 2.34 bits per heavy atom. The quantitative estimate of drug-likeness (QED) is 0.150. The van der Waals surface area contributed by atoms with Gasteiger partial charge < -0.3 is 25.8 Å². The van der Waals surface area contributed by atoms with Crippen LogP contribution < -0.4 is 20.5 Å². The second-order valence-corrected chi connectivity index (χ2v) is 11.8. The molecule has 0 saturated carbocycles. The molecule has 0 spiro atoms. The molecule has 0 bridgehead atoms. The monoisotopic (exact) mass is 670 g/mol. The number of esters is 1. The van der Waals surface area contributed by atoms with Crippen molar-refractivity contribution in [2.24, 2.45) is 11.5 Å². The number of amidine groups is 2. The fraction of sp³-hybridized carbons (Fsp3) is 0.379. The molecule has 0 radical (unpaired) electrons. The lowest BCUT2D eigenvalue weighted by Gasteiger charge is -2.33. The van der Waals surface area contributed by atoms with E-state index in [0.29, 0.717) is 48.5 Å². The molecule has 6 N–H and O–H groups in total. The molecule has 1 heterocycles. The van der Waals surface area contributed by atoms with E-state index in [0.717, 1.165) is 4.31 Å². The molecule has 2 aromatic carbocycles. The zero-order valence-electron chi connectivity index (χ0n) is 24.9. The van der Waals surface area contributed by atoms with E-state index in [1.807, 2.05) is 4.90 Å². The van der Waals surface area contributed by atoms with Gasteiger partial charge in [0.25, 0.3) is 5.91 Å². The molecule has 0 aliphatic carbocycles. The van der Waals surface area contributed by atoms with Gasteiger partial charge in [0.05, 0.1) is 30.2 Å². The number of aryl methyl sites for hydroxylation is 1. The van der Waals surface area contributed by atoms with Crippen LogP contribution >= 0.6 is 24.8 Å². The van der Waals surface area contributed by atoms with E-state index in [-0.39, 0.29) is 66.9 Å². The molecule has 0 aromatic heterocycles. The Morgan fingerprint density at radius 2 is 1.77 bits per heavy atom. The van der Waals surface area contributed by atoms with E-state index in [1.165, 1.54) is 6.07 Å². The first kappa shape index (κ1) is 38.2. The van der Waals surface area contributed by atoms with Crippen molar-refractivity contribution in [2.75, 3.05) is 36.3 Å².